The Morgan fingerprint density at radius 3 is 2.63 bits per heavy atom. The summed E-state index contributed by atoms with van der Waals surface area (Å²) in [6, 6.07) is 5.84. The number of halogens is 2. The molecule has 1 atom stereocenters. The van der Waals surface area contributed by atoms with Gasteiger partial charge in [0, 0.05) is 24.5 Å². The maximum atomic E-state index is 6.28. The molecule has 2 N–H and O–H groups in total. The van der Waals surface area contributed by atoms with Crippen LogP contribution < -0.4 is 5.73 Å². The lowest BCUT2D eigenvalue weighted by molar-refractivity contribution is 0.638. The van der Waals surface area contributed by atoms with Crippen LogP contribution in [0.15, 0.2) is 22.7 Å². The van der Waals surface area contributed by atoms with Gasteiger partial charge in [-0.3, -0.25) is 4.68 Å². The first-order valence-electron chi connectivity index (χ1n) is 6.09. The summed E-state index contributed by atoms with van der Waals surface area (Å²) < 4.78 is 2.88. The normalized spacial score (nSPS) is 12.7. The summed E-state index contributed by atoms with van der Waals surface area (Å²) in [7, 11) is 1.93. The van der Waals surface area contributed by atoms with Crippen LogP contribution in [0, 0.1) is 13.8 Å². The zero-order chi connectivity index (χ0) is 14.2. The quantitative estimate of drug-likeness (QED) is 0.924. The van der Waals surface area contributed by atoms with Gasteiger partial charge < -0.3 is 5.73 Å². The fourth-order valence-corrected chi connectivity index (χ4v) is 3.03. The highest BCUT2D eigenvalue weighted by Gasteiger charge is 2.17. The van der Waals surface area contributed by atoms with Crippen molar-refractivity contribution in [3.05, 3.63) is 50.2 Å². The maximum absolute atomic E-state index is 6.28. The molecule has 1 aromatic heterocycles. The molecule has 0 aliphatic carbocycles. The van der Waals surface area contributed by atoms with Crippen LogP contribution in [0.3, 0.4) is 0 Å². The molecule has 0 radical (unpaired) electrons. The Morgan fingerprint density at radius 1 is 1.42 bits per heavy atom. The number of hydrogen-bond acceptors (Lipinski definition) is 2. The largest absolute Gasteiger partial charge is 0.324 e. The van der Waals surface area contributed by atoms with E-state index < -0.39 is 0 Å². The van der Waals surface area contributed by atoms with Crippen LogP contribution in [0.2, 0.25) is 5.02 Å². The average molecular weight is 343 g/mol. The van der Waals surface area contributed by atoms with E-state index in [9.17, 15) is 0 Å². The topological polar surface area (TPSA) is 43.8 Å². The molecule has 1 unspecified atom stereocenters. The molecule has 3 nitrogen and oxygen atoms in total. The van der Waals surface area contributed by atoms with E-state index in [0.717, 1.165) is 32.0 Å². The molecule has 0 saturated carbocycles. The van der Waals surface area contributed by atoms with Gasteiger partial charge in [0.25, 0.3) is 0 Å². The fourth-order valence-electron chi connectivity index (χ4n) is 2.15. The highest BCUT2D eigenvalue weighted by molar-refractivity contribution is 9.10. The van der Waals surface area contributed by atoms with Gasteiger partial charge in [-0.2, -0.15) is 5.10 Å². The predicted molar refractivity (Wildman–Crippen MR) is 82.5 cm³/mol. The molecule has 0 bridgehead atoms. The maximum Gasteiger partial charge on any atom is 0.0738 e. The highest BCUT2D eigenvalue weighted by atomic mass is 79.9. The van der Waals surface area contributed by atoms with Crippen molar-refractivity contribution < 1.29 is 0 Å². The molecule has 102 valence electrons. The van der Waals surface area contributed by atoms with Crippen molar-refractivity contribution in [1.82, 2.24) is 9.78 Å². The lowest BCUT2D eigenvalue weighted by atomic mass is 10.0. The van der Waals surface area contributed by atoms with Crippen LogP contribution >= 0.6 is 27.5 Å². The number of nitrogens with zero attached hydrogens (tertiary/aromatic N) is 2. The standard InChI is InChI=1S/C14H17BrClN3/c1-8-4-5-10(11(16)6-8)12(17)7-13-14(15)9(2)18-19(13)3/h4-6,12H,7,17H2,1-3H3. The van der Waals surface area contributed by atoms with Gasteiger partial charge in [-0.15, -0.1) is 0 Å². The van der Waals surface area contributed by atoms with Gasteiger partial charge in [0.2, 0.25) is 0 Å². The first-order valence-corrected chi connectivity index (χ1v) is 7.27. The van der Waals surface area contributed by atoms with E-state index in [2.05, 4.69) is 21.0 Å². The van der Waals surface area contributed by atoms with Crippen LogP contribution in [0.4, 0.5) is 0 Å². The zero-order valence-electron chi connectivity index (χ0n) is 11.2. The van der Waals surface area contributed by atoms with Gasteiger partial charge in [0.15, 0.2) is 0 Å². The molecule has 2 rings (SSSR count). The molecule has 0 aliphatic heterocycles. The van der Waals surface area contributed by atoms with Crippen molar-refractivity contribution in [2.45, 2.75) is 26.3 Å². The van der Waals surface area contributed by atoms with E-state index in [1.165, 1.54) is 0 Å². The number of aryl methyl sites for hydroxylation is 3. The second kappa shape index (κ2) is 5.65. The molecule has 2 aromatic rings. The monoisotopic (exact) mass is 341 g/mol. The second-order valence-corrected chi connectivity index (χ2v) is 6.01. The molecular weight excluding hydrogens is 326 g/mol. The van der Waals surface area contributed by atoms with Crippen LogP contribution in [0.1, 0.15) is 28.6 Å². The van der Waals surface area contributed by atoms with Crippen molar-refractivity contribution >= 4 is 27.5 Å². The summed E-state index contributed by atoms with van der Waals surface area (Å²) in [5.74, 6) is 0. The Bertz CT molecular complexity index is 607. The van der Waals surface area contributed by atoms with Gasteiger partial charge >= 0.3 is 0 Å². The predicted octanol–water partition coefficient (Wildman–Crippen LogP) is 3.70. The number of nitrogens with two attached hydrogens (primary N) is 1. The third kappa shape index (κ3) is 3.02. The molecule has 0 amide bonds. The van der Waals surface area contributed by atoms with Crippen LogP contribution in [-0.4, -0.2) is 9.78 Å². The third-order valence-electron chi connectivity index (χ3n) is 3.23. The fraction of sp³-hybridized carbons (Fsp3) is 0.357. The van der Waals surface area contributed by atoms with Crippen LogP contribution in [-0.2, 0) is 13.5 Å². The van der Waals surface area contributed by atoms with E-state index >= 15 is 0 Å². The molecule has 19 heavy (non-hydrogen) atoms. The van der Waals surface area contributed by atoms with E-state index in [0.29, 0.717) is 6.42 Å². The summed E-state index contributed by atoms with van der Waals surface area (Å²) >= 11 is 9.82. The molecular formula is C14H17BrClN3. The van der Waals surface area contributed by atoms with E-state index in [1.54, 1.807) is 0 Å². The third-order valence-corrected chi connectivity index (χ3v) is 4.59. The first kappa shape index (κ1) is 14.6. The second-order valence-electron chi connectivity index (χ2n) is 4.81. The lowest BCUT2D eigenvalue weighted by Crippen LogP contribution is -2.16. The Morgan fingerprint density at radius 2 is 2.11 bits per heavy atom. The summed E-state index contributed by atoms with van der Waals surface area (Å²) in [5.41, 5.74) is 10.4. The molecule has 0 spiro atoms. The lowest BCUT2D eigenvalue weighted by Gasteiger charge is -2.15. The van der Waals surface area contributed by atoms with Crippen molar-refractivity contribution in [3.8, 4) is 0 Å². The molecule has 0 aliphatic rings. The van der Waals surface area contributed by atoms with Crippen LogP contribution in [0.5, 0.6) is 0 Å². The van der Waals surface area contributed by atoms with Crippen LogP contribution in [0.25, 0.3) is 0 Å². The van der Waals surface area contributed by atoms with Crippen molar-refractivity contribution in [2.24, 2.45) is 12.8 Å². The Hall–Kier alpha value is -0.840. The summed E-state index contributed by atoms with van der Waals surface area (Å²) in [6.45, 7) is 3.99. The Balaban J connectivity index is 2.28. The molecule has 1 heterocycles. The summed E-state index contributed by atoms with van der Waals surface area (Å²) in [4.78, 5) is 0. The number of aromatic nitrogens is 2. The summed E-state index contributed by atoms with van der Waals surface area (Å²) in [5, 5.41) is 5.10. The molecule has 0 saturated heterocycles. The van der Waals surface area contributed by atoms with Gasteiger partial charge in [-0.05, 0) is 47.0 Å². The highest BCUT2D eigenvalue weighted by Crippen LogP contribution is 2.28. The van der Waals surface area contributed by atoms with Crippen molar-refractivity contribution in [2.75, 3.05) is 0 Å². The van der Waals surface area contributed by atoms with Gasteiger partial charge in [0.1, 0.15) is 0 Å². The number of rotatable bonds is 3. The zero-order valence-corrected chi connectivity index (χ0v) is 13.6. The Kier molecular flexibility index (Phi) is 4.33. The number of benzene rings is 1. The SMILES string of the molecule is Cc1ccc(C(N)Cc2c(Br)c(C)nn2C)c(Cl)c1. The number of hydrogen-bond donors (Lipinski definition) is 1. The van der Waals surface area contributed by atoms with Gasteiger partial charge in [-0.1, -0.05) is 23.7 Å². The van der Waals surface area contributed by atoms with E-state index in [1.807, 2.05) is 43.8 Å². The summed E-state index contributed by atoms with van der Waals surface area (Å²) in [6.07, 6.45) is 0.695. The molecule has 5 heteroatoms. The van der Waals surface area contributed by atoms with E-state index in [4.69, 9.17) is 17.3 Å². The molecule has 1 aromatic carbocycles. The Labute approximate surface area is 126 Å². The van der Waals surface area contributed by atoms with E-state index in [-0.39, 0.29) is 6.04 Å². The van der Waals surface area contributed by atoms with Gasteiger partial charge in [-0.25, -0.2) is 0 Å². The minimum absolute atomic E-state index is 0.140. The van der Waals surface area contributed by atoms with Gasteiger partial charge in [0.05, 0.1) is 15.9 Å². The first-order chi connectivity index (χ1) is 8.90. The smallest absolute Gasteiger partial charge is 0.0738 e. The van der Waals surface area contributed by atoms with Crippen molar-refractivity contribution in [1.29, 1.82) is 0 Å². The van der Waals surface area contributed by atoms with Crippen molar-refractivity contribution in [3.63, 3.8) is 0 Å². The minimum Gasteiger partial charge on any atom is -0.324 e. The molecule has 0 fully saturated rings. The average Bonchev–Trinajstić information content (AvgIpc) is 2.56. The minimum atomic E-state index is -0.140.